The van der Waals surface area contributed by atoms with Crippen LogP contribution in [0.1, 0.15) is 69.4 Å². The molecular weight excluding hydrogens is 540 g/mol. The maximum Gasteiger partial charge on any atom is 0.271 e. The minimum absolute atomic E-state index is 0.141. The molecule has 9 nitrogen and oxygen atoms in total. The number of aryl methyl sites for hydroxylation is 3. The summed E-state index contributed by atoms with van der Waals surface area (Å²) in [5.41, 5.74) is 5.91. The van der Waals surface area contributed by atoms with E-state index >= 15 is 0 Å². The first-order valence-corrected chi connectivity index (χ1v) is 15.1. The fourth-order valence-corrected chi connectivity index (χ4v) is 5.87. The molecule has 9 heteroatoms. The third-order valence-corrected chi connectivity index (χ3v) is 8.55. The Labute approximate surface area is 256 Å². The Morgan fingerprint density at radius 1 is 1.07 bits per heavy atom. The third kappa shape index (κ3) is 7.90. The Kier molecular flexibility index (Phi) is 10.7. The number of carbonyl (C=O) groups is 2. The molecular formula is C34H46N6O3. The van der Waals surface area contributed by atoms with E-state index in [1.54, 1.807) is 34.2 Å². The van der Waals surface area contributed by atoms with Crippen LogP contribution < -0.4 is 15.0 Å². The Morgan fingerprint density at radius 2 is 1.77 bits per heavy atom. The zero-order valence-corrected chi connectivity index (χ0v) is 26.7. The summed E-state index contributed by atoms with van der Waals surface area (Å²) >= 11 is 0. The van der Waals surface area contributed by atoms with Gasteiger partial charge in [-0.1, -0.05) is 0 Å². The Balaban J connectivity index is 1.33. The van der Waals surface area contributed by atoms with Gasteiger partial charge in [0.05, 0.1) is 18.4 Å². The number of piperidine rings is 1. The molecule has 1 N–H and O–H groups in total. The monoisotopic (exact) mass is 586 g/mol. The van der Waals surface area contributed by atoms with E-state index in [1.807, 2.05) is 31.5 Å². The van der Waals surface area contributed by atoms with Gasteiger partial charge in [0.15, 0.2) is 0 Å². The number of hydrogen-bond acceptors (Lipinski definition) is 7. The summed E-state index contributed by atoms with van der Waals surface area (Å²) < 4.78 is 5.40. The standard InChI is InChI=1S/C34H46N6O3/c1-23-12-16-35-21-27(23)22-40(28-8-10-30(43-7)11-9-28)29-14-18-39(19-15-29)25(3)13-17-36-33(41)32-24(2)20-31(37-26(32)4)34(42)38(5)6/h8-12,16,20-21,25,29H,13-15,17-19,22H2,1-7H3,(H,36,41)/t25-/m1/s1. The van der Waals surface area contributed by atoms with Crippen LogP contribution in [-0.4, -0.2) is 84.5 Å². The van der Waals surface area contributed by atoms with Gasteiger partial charge in [-0.25, -0.2) is 4.98 Å². The van der Waals surface area contributed by atoms with Crippen LogP contribution in [0.2, 0.25) is 0 Å². The first-order chi connectivity index (χ1) is 20.6. The average Bonchev–Trinajstić information content (AvgIpc) is 3.00. The summed E-state index contributed by atoms with van der Waals surface area (Å²) in [7, 11) is 5.08. The van der Waals surface area contributed by atoms with Crippen LogP contribution in [0.4, 0.5) is 5.69 Å². The van der Waals surface area contributed by atoms with Gasteiger partial charge in [0.25, 0.3) is 11.8 Å². The zero-order chi connectivity index (χ0) is 31.1. The number of nitrogens with one attached hydrogen (secondary N) is 1. The molecule has 2 amide bonds. The number of aromatic nitrogens is 2. The normalized spacial score (nSPS) is 14.7. The highest BCUT2D eigenvalue weighted by molar-refractivity contribution is 5.98. The largest absolute Gasteiger partial charge is 0.497 e. The second-order valence-corrected chi connectivity index (χ2v) is 11.8. The molecule has 3 heterocycles. The van der Waals surface area contributed by atoms with Crippen LogP contribution in [0, 0.1) is 20.8 Å². The first kappa shape index (κ1) is 31.9. The van der Waals surface area contributed by atoms with Crippen LogP contribution in [0.15, 0.2) is 48.8 Å². The van der Waals surface area contributed by atoms with E-state index in [0.29, 0.717) is 35.6 Å². The number of benzene rings is 1. The number of methoxy groups -OCH3 is 1. The lowest BCUT2D eigenvalue weighted by molar-refractivity contribution is 0.0820. The molecule has 1 aromatic carbocycles. The first-order valence-electron chi connectivity index (χ1n) is 15.1. The quantitative estimate of drug-likeness (QED) is 0.346. The summed E-state index contributed by atoms with van der Waals surface area (Å²) in [5, 5.41) is 3.09. The molecule has 1 atom stereocenters. The lowest BCUT2D eigenvalue weighted by Crippen LogP contribution is -2.48. The van der Waals surface area contributed by atoms with Gasteiger partial charge in [-0.15, -0.1) is 0 Å². The molecule has 0 unspecified atom stereocenters. The molecule has 2 aromatic heterocycles. The molecule has 0 spiro atoms. The summed E-state index contributed by atoms with van der Waals surface area (Å²) in [6.45, 7) is 11.4. The van der Waals surface area contributed by atoms with Crippen LogP contribution >= 0.6 is 0 Å². The Hall–Kier alpha value is -3.98. The molecule has 3 aromatic rings. The minimum Gasteiger partial charge on any atom is -0.497 e. The van der Waals surface area contributed by atoms with Crippen molar-refractivity contribution in [3.05, 3.63) is 82.4 Å². The number of rotatable bonds is 11. The molecule has 1 aliphatic heterocycles. The Morgan fingerprint density at radius 3 is 2.37 bits per heavy atom. The lowest BCUT2D eigenvalue weighted by atomic mass is 9.99. The van der Waals surface area contributed by atoms with E-state index < -0.39 is 0 Å². The van der Waals surface area contributed by atoms with Crippen molar-refractivity contribution in [2.24, 2.45) is 0 Å². The summed E-state index contributed by atoms with van der Waals surface area (Å²) in [4.78, 5) is 40.7. The summed E-state index contributed by atoms with van der Waals surface area (Å²) in [6.07, 6.45) is 6.81. The second kappa shape index (κ2) is 14.5. The molecule has 1 saturated heterocycles. The van der Waals surface area contributed by atoms with Crippen LogP contribution in [-0.2, 0) is 6.54 Å². The second-order valence-electron chi connectivity index (χ2n) is 11.8. The number of ether oxygens (including phenoxy) is 1. The van der Waals surface area contributed by atoms with Crippen molar-refractivity contribution in [3.63, 3.8) is 0 Å². The SMILES string of the molecule is COc1ccc(N(Cc2cnccc2C)C2CCN([C@H](C)CCNC(=O)c3c(C)cc(C(=O)N(C)C)nc3C)CC2)cc1. The number of nitrogens with zero attached hydrogens (tertiary/aromatic N) is 5. The van der Waals surface area contributed by atoms with E-state index in [-0.39, 0.29) is 11.8 Å². The van der Waals surface area contributed by atoms with Crippen LogP contribution in [0.3, 0.4) is 0 Å². The maximum atomic E-state index is 13.0. The fourth-order valence-electron chi connectivity index (χ4n) is 5.87. The van der Waals surface area contributed by atoms with Gasteiger partial charge in [0, 0.05) is 70.4 Å². The van der Waals surface area contributed by atoms with Crippen LogP contribution in [0.25, 0.3) is 0 Å². The van der Waals surface area contributed by atoms with Gasteiger partial charge in [0.2, 0.25) is 0 Å². The number of likely N-dealkylation sites (tertiary alicyclic amines) is 1. The topological polar surface area (TPSA) is 90.9 Å². The molecule has 0 bridgehead atoms. The highest BCUT2D eigenvalue weighted by Gasteiger charge is 2.28. The smallest absolute Gasteiger partial charge is 0.271 e. The minimum atomic E-state index is -0.171. The van der Waals surface area contributed by atoms with Crippen molar-refractivity contribution in [3.8, 4) is 5.75 Å². The number of carbonyl (C=O) groups excluding carboxylic acids is 2. The van der Waals surface area contributed by atoms with Crippen molar-refractivity contribution in [1.29, 1.82) is 0 Å². The molecule has 1 fully saturated rings. The third-order valence-electron chi connectivity index (χ3n) is 8.55. The number of hydrogen-bond donors (Lipinski definition) is 1. The summed E-state index contributed by atoms with van der Waals surface area (Å²) in [6, 6.07) is 12.9. The van der Waals surface area contributed by atoms with Crippen molar-refractivity contribution in [1.82, 2.24) is 25.1 Å². The highest BCUT2D eigenvalue weighted by Crippen LogP contribution is 2.29. The lowest BCUT2D eigenvalue weighted by Gasteiger charge is -2.42. The van der Waals surface area contributed by atoms with Crippen LogP contribution in [0.5, 0.6) is 5.75 Å². The molecule has 0 saturated carbocycles. The van der Waals surface area contributed by atoms with Gasteiger partial charge in [-0.3, -0.25) is 14.6 Å². The highest BCUT2D eigenvalue weighted by atomic mass is 16.5. The van der Waals surface area contributed by atoms with E-state index in [1.165, 1.54) is 21.7 Å². The van der Waals surface area contributed by atoms with E-state index in [0.717, 1.165) is 50.2 Å². The van der Waals surface area contributed by atoms with Gasteiger partial charge in [-0.2, -0.15) is 0 Å². The number of amides is 2. The van der Waals surface area contributed by atoms with E-state index in [4.69, 9.17) is 4.74 Å². The number of pyridine rings is 2. The maximum absolute atomic E-state index is 13.0. The molecule has 0 aliphatic carbocycles. The molecule has 43 heavy (non-hydrogen) atoms. The Bertz CT molecular complexity index is 1380. The van der Waals surface area contributed by atoms with Gasteiger partial charge >= 0.3 is 0 Å². The predicted molar refractivity (Wildman–Crippen MR) is 171 cm³/mol. The zero-order valence-electron chi connectivity index (χ0n) is 26.7. The molecule has 4 rings (SSSR count). The molecule has 0 radical (unpaired) electrons. The predicted octanol–water partition coefficient (Wildman–Crippen LogP) is 4.79. The van der Waals surface area contributed by atoms with E-state index in [9.17, 15) is 9.59 Å². The van der Waals surface area contributed by atoms with Crippen molar-refractivity contribution >= 4 is 17.5 Å². The summed E-state index contributed by atoms with van der Waals surface area (Å²) in [5.74, 6) is 0.545. The molecule has 230 valence electrons. The van der Waals surface area contributed by atoms with Crippen molar-refractivity contribution in [2.75, 3.05) is 45.7 Å². The van der Waals surface area contributed by atoms with Gasteiger partial charge in [-0.05, 0) is 100 Å². The number of anilines is 1. The van der Waals surface area contributed by atoms with E-state index in [2.05, 4.69) is 57.1 Å². The van der Waals surface area contributed by atoms with Crippen molar-refractivity contribution < 1.29 is 14.3 Å². The molecule has 1 aliphatic rings. The van der Waals surface area contributed by atoms with Gasteiger partial charge < -0.3 is 24.8 Å². The van der Waals surface area contributed by atoms with Gasteiger partial charge in [0.1, 0.15) is 11.4 Å². The van der Waals surface area contributed by atoms with Crippen molar-refractivity contribution in [2.45, 2.75) is 65.6 Å². The fraction of sp³-hybridized carbons (Fsp3) is 0.471. The average molecular weight is 587 g/mol.